The molecule has 0 saturated carbocycles. The van der Waals surface area contributed by atoms with Crippen molar-refractivity contribution in [2.24, 2.45) is 0 Å². The van der Waals surface area contributed by atoms with E-state index in [1.807, 2.05) is 26.0 Å². The summed E-state index contributed by atoms with van der Waals surface area (Å²) in [5.74, 6) is 0.0300. The Balaban J connectivity index is 1.57. The van der Waals surface area contributed by atoms with Crippen molar-refractivity contribution >= 4 is 34.5 Å². The first kappa shape index (κ1) is 22.9. The van der Waals surface area contributed by atoms with Crippen molar-refractivity contribution in [3.63, 3.8) is 0 Å². The van der Waals surface area contributed by atoms with E-state index in [1.54, 1.807) is 40.1 Å². The predicted octanol–water partition coefficient (Wildman–Crippen LogP) is 4.87. The lowest BCUT2D eigenvalue weighted by Crippen LogP contribution is -2.50. The van der Waals surface area contributed by atoms with Gasteiger partial charge in [-0.05, 0) is 43.2 Å². The van der Waals surface area contributed by atoms with Crippen LogP contribution in [-0.4, -0.2) is 64.7 Å². The molecule has 0 bridgehead atoms. The number of fused-ring (bicyclic) bond motifs is 1. The largest absolute Gasteiger partial charge is 0.508 e. The van der Waals surface area contributed by atoms with E-state index in [4.69, 9.17) is 21.3 Å². The fraction of sp³-hybridized carbons (Fsp3) is 0.320. The van der Waals surface area contributed by atoms with Gasteiger partial charge in [0.05, 0.1) is 22.8 Å². The first-order chi connectivity index (χ1) is 15.9. The number of benzene rings is 2. The number of hydrogen-bond acceptors (Lipinski definition) is 5. The molecule has 2 amide bonds. The normalized spacial score (nSPS) is 13.9. The van der Waals surface area contributed by atoms with Gasteiger partial charge in [0.25, 0.3) is 5.91 Å². The van der Waals surface area contributed by atoms with Crippen LogP contribution in [-0.2, 0) is 4.74 Å². The van der Waals surface area contributed by atoms with E-state index in [-0.39, 0.29) is 17.7 Å². The molecule has 0 atom stereocenters. The number of phenols is 1. The Morgan fingerprint density at radius 1 is 1.09 bits per heavy atom. The van der Waals surface area contributed by atoms with Crippen molar-refractivity contribution in [1.82, 2.24) is 14.8 Å². The molecule has 1 saturated heterocycles. The van der Waals surface area contributed by atoms with Crippen molar-refractivity contribution < 1.29 is 19.4 Å². The second kappa shape index (κ2) is 9.67. The molecule has 1 fully saturated rings. The molecular weight excluding hydrogens is 442 g/mol. The van der Waals surface area contributed by atoms with E-state index in [0.717, 1.165) is 22.9 Å². The molecule has 1 N–H and O–H groups in total. The molecule has 1 aromatic heterocycles. The van der Waals surface area contributed by atoms with Crippen molar-refractivity contribution in [3.05, 3.63) is 58.6 Å². The first-order valence-electron chi connectivity index (χ1n) is 11.0. The van der Waals surface area contributed by atoms with Crippen LogP contribution >= 0.6 is 11.6 Å². The van der Waals surface area contributed by atoms with Gasteiger partial charge in [-0.2, -0.15) is 0 Å². The third-order valence-electron chi connectivity index (χ3n) is 5.77. The number of amides is 2. The smallest absolute Gasteiger partial charge is 0.409 e. The molecule has 0 unspecified atom stereocenters. The number of piperazine rings is 1. The van der Waals surface area contributed by atoms with Gasteiger partial charge in [0.15, 0.2) is 0 Å². The summed E-state index contributed by atoms with van der Waals surface area (Å²) in [6.45, 7) is 5.99. The van der Waals surface area contributed by atoms with Crippen LogP contribution < -0.4 is 0 Å². The molecule has 4 rings (SSSR count). The van der Waals surface area contributed by atoms with Gasteiger partial charge in [-0.1, -0.05) is 36.7 Å². The number of carbonyl (C=O) groups excluding carboxylic acids is 2. The second-order valence-electron chi connectivity index (χ2n) is 8.08. The molecular formula is C25H26ClN3O4. The minimum Gasteiger partial charge on any atom is -0.508 e. The Kier molecular flexibility index (Phi) is 6.70. The predicted molar refractivity (Wildman–Crippen MR) is 128 cm³/mol. The van der Waals surface area contributed by atoms with Crippen LogP contribution in [0.2, 0.25) is 5.02 Å². The maximum Gasteiger partial charge on any atom is 0.409 e. The lowest BCUT2D eigenvalue weighted by Gasteiger charge is -2.34. The third-order valence-corrected chi connectivity index (χ3v) is 6.26. The molecule has 1 aliphatic rings. The van der Waals surface area contributed by atoms with Gasteiger partial charge in [0.1, 0.15) is 5.75 Å². The lowest BCUT2D eigenvalue weighted by molar-refractivity contribution is 0.0560. The summed E-state index contributed by atoms with van der Waals surface area (Å²) in [6.07, 6.45) is 0.444. The van der Waals surface area contributed by atoms with Crippen molar-refractivity contribution in [1.29, 1.82) is 0 Å². The van der Waals surface area contributed by atoms with Crippen LogP contribution in [0, 0.1) is 6.92 Å². The van der Waals surface area contributed by atoms with E-state index in [9.17, 15) is 14.7 Å². The van der Waals surface area contributed by atoms with E-state index in [0.29, 0.717) is 54.6 Å². The number of rotatable bonds is 4. The van der Waals surface area contributed by atoms with Crippen LogP contribution in [0.3, 0.4) is 0 Å². The van der Waals surface area contributed by atoms with E-state index in [1.165, 1.54) is 0 Å². The molecule has 0 spiro atoms. The molecule has 1 aliphatic heterocycles. The maximum absolute atomic E-state index is 13.1. The monoisotopic (exact) mass is 467 g/mol. The SMILES string of the molecule is CCCOC(=O)N1CCN(C(=O)c2ccc3c(Cl)c(C)c(-c4cccc(O)c4)nc3c2)CC1. The number of nitrogens with zero attached hydrogens (tertiary/aromatic N) is 3. The second-order valence-corrected chi connectivity index (χ2v) is 8.45. The molecule has 8 heteroatoms. The van der Waals surface area contributed by atoms with E-state index < -0.39 is 0 Å². The van der Waals surface area contributed by atoms with Gasteiger partial charge in [-0.25, -0.2) is 9.78 Å². The van der Waals surface area contributed by atoms with Crippen molar-refractivity contribution in [2.75, 3.05) is 32.8 Å². The standard InChI is InChI=1S/C25H26ClN3O4/c1-3-13-33-25(32)29-11-9-28(10-12-29)24(31)18-7-8-20-21(15-18)27-23(16(2)22(20)26)17-5-4-6-19(30)14-17/h4-8,14-15,30H,3,9-13H2,1-2H3. The van der Waals surface area contributed by atoms with Gasteiger partial charge >= 0.3 is 6.09 Å². The zero-order chi connectivity index (χ0) is 23.5. The highest BCUT2D eigenvalue weighted by Crippen LogP contribution is 2.34. The summed E-state index contributed by atoms with van der Waals surface area (Å²) in [5, 5.41) is 11.2. The number of aromatic hydroxyl groups is 1. The van der Waals surface area contributed by atoms with Gasteiger partial charge in [-0.15, -0.1) is 0 Å². The molecule has 0 radical (unpaired) electrons. The van der Waals surface area contributed by atoms with Crippen molar-refractivity contribution in [2.45, 2.75) is 20.3 Å². The summed E-state index contributed by atoms with van der Waals surface area (Å²) in [7, 11) is 0. The number of pyridine rings is 1. The number of hydrogen-bond donors (Lipinski definition) is 1. The number of halogens is 1. The molecule has 0 aliphatic carbocycles. The third kappa shape index (κ3) is 4.73. The quantitative estimate of drug-likeness (QED) is 0.591. The van der Waals surface area contributed by atoms with Gasteiger partial charge in [-0.3, -0.25) is 4.79 Å². The Labute approximate surface area is 197 Å². The van der Waals surface area contributed by atoms with E-state index in [2.05, 4.69) is 0 Å². The van der Waals surface area contributed by atoms with Crippen LogP contribution in [0.4, 0.5) is 4.79 Å². The number of carbonyl (C=O) groups is 2. The summed E-state index contributed by atoms with van der Waals surface area (Å²) in [6, 6.07) is 12.2. The van der Waals surface area contributed by atoms with E-state index >= 15 is 0 Å². The molecule has 7 nitrogen and oxygen atoms in total. The molecule has 2 aromatic carbocycles. The average molecular weight is 468 g/mol. The zero-order valence-electron chi connectivity index (χ0n) is 18.7. The molecule has 3 aromatic rings. The van der Waals surface area contributed by atoms with Crippen LogP contribution in [0.1, 0.15) is 29.3 Å². The Morgan fingerprint density at radius 3 is 2.52 bits per heavy atom. The minimum atomic E-state index is -0.330. The highest BCUT2D eigenvalue weighted by atomic mass is 35.5. The van der Waals surface area contributed by atoms with Crippen LogP contribution in [0.15, 0.2) is 42.5 Å². The minimum absolute atomic E-state index is 0.115. The fourth-order valence-electron chi connectivity index (χ4n) is 3.94. The Bertz CT molecular complexity index is 1210. The number of aromatic nitrogens is 1. The number of phenolic OH excluding ortho intramolecular Hbond substituents is 1. The summed E-state index contributed by atoms with van der Waals surface area (Å²) in [5.41, 5.74) is 3.33. The van der Waals surface area contributed by atoms with Gasteiger partial charge in [0, 0.05) is 42.7 Å². The fourth-order valence-corrected chi connectivity index (χ4v) is 4.19. The molecule has 172 valence electrons. The average Bonchev–Trinajstić information content (AvgIpc) is 2.84. The summed E-state index contributed by atoms with van der Waals surface area (Å²) < 4.78 is 5.18. The topological polar surface area (TPSA) is 83.0 Å². The summed E-state index contributed by atoms with van der Waals surface area (Å²) >= 11 is 6.64. The maximum atomic E-state index is 13.1. The highest BCUT2D eigenvalue weighted by Gasteiger charge is 2.26. The molecule has 2 heterocycles. The van der Waals surface area contributed by atoms with Crippen LogP contribution in [0.25, 0.3) is 22.2 Å². The lowest BCUT2D eigenvalue weighted by atomic mass is 10.0. The van der Waals surface area contributed by atoms with Crippen LogP contribution in [0.5, 0.6) is 5.75 Å². The highest BCUT2D eigenvalue weighted by molar-refractivity contribution is 6.36. The summed E-state index contributed by atoms with van der Waals surface area (Å²) in [4.78, 5) is 33.3. The Morgan fingerprint density at radius 2 is 1.82 bits per heavy atom. The number of ether oxygens (including phenoxy) is 1. The first-order valence-corrected chi connectivity index (χ1v) is 11.4. The van der Waals surface area contributed by atoms with Gasteiger partial charge < -0.3 is 19.6 Å². The molecule has 33 heavy (non-hydrogen) atoms. The van der Waals surface area contributed by atoms with Gasteiger partial charge in [0.2, 0.25) is 0 Å². The zero-order valence-corrected chi connectivity index (χ0v) is 19.4. The Hall–Kier alpha value is -3.32. The van der Waals surface area contributed by atoms with Crippen molar-refractivity contribution in [3.8, 4) is 17.0 Å².